The van der Waals surface area contributed by atoms with E-state index in [-0.39, 0.29) is 59.4 Å². The van der Waals surface area contributed by atoms with Crippen molar-refractivity contribution in [2.75, 3.05) is 0 Å². The minimum atomic E-state index is -0.339. The van der Waals surface area contributed by atoms with E-state index in [0.29, 0.717) is 40.6 Å². The molecule has 3 aromatic heterocycles. The van der Waals surface area contributed by atoms with Gasteiger partial charge in [0.2, 0.25) is 6.71 Å². The summed E-state index contributed by atoms with van der Waals surface area (Å²) in [6.07, 6.45) is 7.28. The predicted molar refractivity (Wildman–Crippen MR) is 230 cm³/mol. The van der Waals surface area contributed by atoms with Gasteiger partial charge < -0.3 is 19.4 Å². The van der Waals surface area contributed by atoms with Crippen LogP contribution in [-0.4, -0.2) is 26.6 Å². The van der Waals surface area contributed by atoms with Gasteiger partial charge in [0.25, 0.3) is 0 Å². The molecule has 8 rings (SSSR count). The second-order valence-corrected chi connectivity index (χ2v) is 15.9. The van der Waals surface area contributed by atoms with Gasteiger partial charge in [-0.1, -0.05) is 114 Å². The molecule has 0 saturated carbocycles. The zero-order chi connectivity index (χ0) is 39.8. The maximum Gasteiger partial charge on any atom is 2.00 e. The molecule has 4 heterocycles. The van der Waals surface area contributed by atoms with Crippen LogP contribution in [0.15, 0.2) is 104 Å². The van der Waals surface area contributed by atoms with Gasteiger partial charge in [-0.3, -0.25) is 9.97 Å². The van der Waals surface area contributed by atoms with E-state index in [2.05, 4.69) is 150 Å². The van der Waals surface area contributed by atoms with Gasteiger partial charge in [0.05, 0.1) is 5.72 Å². The largest absolute Gasteiger partial charge is 2.00 e. The zero-order valence-electron chi connectivity index (χ0n) is 34.4. The molecule has 0 bridgehead atoms. The molecule has 0 radical (unpaired) electrons. The number of benzene rings is 4. The first-order valence-electron chi connectivity index (χ1n) is 19.8. The molecule has 59 heavy (non-hydrogen) atoms. The standard InChI is InChI=1S/C50H45BN4O2.2Pd/c1-30(2)34-18-22-52-46(24-34)36-10-14-40(32(5)6)48(26-36)56-38-12-16-42-43-17-13-39(29-45(43)51(44(42)28-38)50-54-20-9-21-55-50)57-49-27-37(11-15-41(49)33(7)8)47-25-35(31(3)4)19-23-53-47;;/h9-25,30-33H,1-8H3;;/q-4;2*+2. The second kappa shape index (κ2) is 18.7. The number of aromatic nitrogens is 4. The first-order chi connectivity index (χ1) is 27.5. The van der Waals surface area contributed by atoms with Crippen LogP contribution >= 0.6 is 0 Å². The van der Waals surface area contributed by atoms with Gasteiger partial charge in [0, 0.05) is 47.8 Å². The molecule has 0 aliphatic carbocycles. The number of fused-ring (bicyclic) bond motifs is 3. The Morgan fingerprint density at radius 2 is 0.915 bits per heavy atom. The number of hydrogen-bond donors (Lipinski definition) is 0. The van der Waals surface area contributed by atoms with Gasteiger partial charge in [-0.05, 0) is 41.4 Å². The fraction of sp³-hybridized carbons (Fsp3) is 0.240. The van der Waals surface area contributed by atoms with Crippen molar-refractivity contribution < 1.29 is 50.3 Å². The Morgan fingerprint density at radius 3 is 1.32 bits per heavy atom. The summed E-state index contributed by atoms with van der Waals surface area (Å²) in [5, 5.41) is 0. The molecule has 0 spiro atoms. The van der Waals surface area contributed by atoms with Gasteiger partial charge in [0.1, 0.15) is 0 Å². The third kappa shape index (κ3) is 9.21. The third-order valence-electron chi connectivity index (χ3n) is 10.6. The molecule has 4 aromatic carbocycles. The molecule has 0 amide bonds. The molecule has 0 saturated heterocycles. The molecule has 6 nitrogen and oxygen atoms in total. The number of rotatable bonds is 11. The second-order valence-electron chi connectivity index (χ2n) is 15.9. The van der Waals surface area contributed by atoms with Gasteiger partial charge in [-0.15, -0.1) is 59.7 Å². The van der Waals surface area contributed by atoms with Crippen molar-refractivity contribution in [2.24, 2.45) is 0 Å². The predicted octanol–water partition coefficient (Wildman–Crippen LogP) is 10.4. The Balaban J connectivity index is 0.00000293. The van der Waals surface area contributed by atoms with E-state index in [1.54, 1.807) is 12.4 Å². The van der Waals surface area contributed by atoms with E-state index in [1.165, 1.54) is 11.1 Å². The normalized spacial score (nSPS) is 11.7. The monoisotopic (exact) mass is 956 g/mol. The third-order valence-corrected chi connectivity index (χ3v) is 10.6. The summed E-state index contributed by atoms with van der Waals surface area (Å²) in [5.41, 5.74) is 12.6. The molecule has 0 unspecified atom stereocenters. The van der Waals surface area contributed by atoms with Crippen LogP contribution in [0.2, 0.25) is 0 Å². The van der Waals surface area contributed by atoms with Gasteiger partial charge >= 0.3 is 40.8 Å². The van der Waals surface area contributed by atoms with Crippen LogP contribution in [0, 0.1) is 24.3 Å². The molecular formula is C50H45BN4O2Pd2. The summed E-state index contributed by atoms with van der Waals surface area (Å²) in [7, 11) is 0. The van der Waals surface area contributed by atoms with Crippen molar-refractivity contribution >= 4 is 23.4 Å². The van der Waals surface area contributed by atoms with E-state index in [1.807, 2.05) is 30.6 Å². The molecule has 300 valence electrons. The Bertz CT molecular complexity index is 2420. The molecule has 1 aliphatic rings. The van der Waals surface area contributed by atoms with E-state index in [9.17, 15) is 0 Å². The van der Waals surface area contributed by atoms with E-state index in [4.69, 9.17) is 19.4 Å². The summed E-state index contributed by atoms with van der Waals surface area (Å²) in [4.78, 5) is 18.8. The van der Waals surface area contributed by atoms with E-state index < -0.39 is 0 Å². The SMILES string of the molecule is CC(C)c1ccnc(-c2[c-]c(Oc3[c-]c4c(cc3)-c3ccc(Oc5[c-]c(-c6cc(C(C)C)ccn6)ccc5C(C)C)[c-]c3B4c3ncccn3)c(C(C)C)cc2)c1.[Pd+2].[Pd+2]. The van der Waals surface area contributed by atoms with Crippen LogP contribution in [0.4, 0.5) is 0 Å². The van der Waals surface area contributed by atoms with Crippen LogP contribution in [0.5, 0.6) is 23.0 Å². The van der Waals surface area contributed by atoms with Crippen LogP contribution in [0.3, 0.4) is 0 Å². The van der Waals surface area contributed by atoms with Crippen molar-refractivity contribution in [3.63, 3.8) is 0 Å². The van der Waals surface area contributed by atoms with E-state index >= 15 is 0 Å². The van der Waals surface area contributed by atoms with E-state index in [0.717, 1.165) is 55.7 Å². The number of ether oxygens (including phenoxy) is 2. The van der Waals surface area contributed by atoms with Crippen LogP contribution in [0.1, 0.15) is 101 Å². The number of nitrogens with zero attached hydrogens (tertiary/aromatic N) is 4. The van der Waals surface area contributed by atoms with Gasteiger partial charge in [-0.25, -0.2) is 0 Å². The molecule has 0 N–H and O–H groups in total. The van der Waals surface area contributed by atoms with Crippen LogP contribution < -0.4 is 26.1 Å². The average molecular weight is 958 g/mol. The summed E-state index contributed by atoms with van der Waals surface area (Å²) >= 11 is 0. The fourth-order valence-corrected chi connectivity index (χ4v) is 7.36. The summed E-state index contributed by atoms with van der Waals surface area (Å²) in [6, 6.07) is 41.1. The first-order valence-corrected chi connectivity index (χ1v) is 19.8. The maximum atomic E-state index is 6.70. The van der Waals surface area contributed by atoms with Crippen molar-refractivity contribution in [2.45, 2.75) is 79.1 Å². The van der Waals surface area contributed by atoms with Crippen molar-refractivity contribution in [3.05, 3.63) is 150 Å². The molecule has 9 heteroatoms. The van der Waals surface area contributed by atoms with Gasteiger partial charge in [0.15, 0.2) is 0 Å². The molecule has 0 atom stereocenters. The van der Waals surface area contributed by atoms with Crippen LogP contribution in [0.25, 0.3) is 33.6 Å². The smallest absolute Gasteiger partial charge is 0.503 e. The Labute approximate surface area is 377 Å². The maximum absolute atomic E-state index is 6.70. The first kappa shape index (κ1) is 43.8. The summed E-state index contributed by atoms with van der Waals surface area (Å²) in [6.45, 7) is 17.1. The van der Waals surface area contributed by atoms with Crippen LogP contribution in [-0.2, 0) is 40.8 Å². The Morgan fingerprint density at radius 1 is 0.475 bits per heavy atom. The minimum absolute atomic E-state index is 0. The molecule has 0 fully saturated rings. The van der Waals surface area contributed by atoms with Crippen molar-refractivity contribution in [1.82, 2.24) is 19.9 Å². The number of pyridine rings is 2. The summed E-state index contributed by atoms with van der Waals surface area (Å²) in [5.74, 6) is 3.70. The van der Waals surface area contributed by atoms with Crippen molar-refractivity contribution in [3.8, 4) is 56.6 Å². The summed E-state index contributed by atoms with van der Waals surface area (Å²) < 4.78 is 13.4. The Kier molecular flexibility index (Phi) is 13.9. The fourth-order valence-electron chi connectivity index (χ4n) is 7.36. The molecule has 1 aliphatic heterocycles. The quantitative estimate of drug-likeness (QED) is 0.0950. The molecular weight excluding hydrogens is 912 g/mol. The zero-order valence-corrected chi connectivity index (χ0v) is 37.5. The van der Waals surface area contributed by atoms with Crippen molar-refractivity contribution in [1.29, 1.82) is 0 Å². The minimum Gasteiger partial charge on any atom is -0.503 e. The Hall–Kier alpha value is -4.75. The van der Waals surface area contributed by atoms with Gasteiger partial charge in [-0.2, -0.15) is 34.2 Å². The number of hydrogen-bond acceptors (Lipinski definition) is 6. The average Bonchev–Trinajstić information content (AvgIpc) is 3.53. The topological polar surface area (TPSA) is 70.0 Å². The molecule has 7 aromatic rings.